The molecule has 1 aromatic carbocycles. The van der Waals surface area contributed by atoms with Crippen molar-refractivity contribution in [2.45, 2.75) is 167 Å². The highest BCUT2D eigenvalue weighted by Crippen LogP contribution is 2.43. The number of esters is 2. The lowest BCUT2D eigenvalue weighted by Crippen LogP contribution is -2.37. The molecule has 0 aliphatic heterocycles. The number of hydrogen-bond acceptors (Lipinski definition) is 13. The molecule has 0 saturated carbocycles. The van der Waals surface area contributed by atoms with Gasteiger partial charge in [-0.3, -0.25) is 28.8 Å². The van der Waals surface area contributed by atoms with Crippen LogP contribution in [0.1, 0.15) is 161 Å². The lowest BCUT2D eigenvalue weighted by Gasteiger charge is -2.24. The van der Waals surface area contributed by atoms with E-state index < -0.39 is 37.4 Å². The van der Waals surface area contributed by atoms with Crippen molar-refractivity contribution in [3.8, 4) is 0 Å². The van der Waals surface area contributed by atoms with Crippen LogP contribution in [-0.2, 0) is 32.7 Å². The van der Waals surface area contributed by atoms with Gasteiger partial charge in [0.25, 0.3) is 0 Å². The van der Waals surface area contributed by atoms with Crippen molar-refractivity contribution in [1.82, 2.24) is 10.3 Å². The Kier molecular flexibility index (Phi) is 28.4. The fourth-order valence-electron chi connectivity index (χ4n) is 6.60. The summed E-state index contributed by atoms with van der Waals surface area (Å²) in [5.41, 5.74) is 0.997. The van der Waals surface area contributed by atoms with Gasteiger partial charge in [0, 0.05) is 25.5 Å². The van der Waals surface area contributed by atoms with Crippen LogP contribution in [0.3, 0.4) is 0 Å². The zero-order valence-electron chi connectivity index (χ0n) is 37.7. The van der Waals surface area contributed by atoms with E-state index in [-0.39, 0.29) is 37.3 Å². The lowest BCUT2D eigenvalue weighted by atomic mass is 10.1. The Morgan fingerprint density at radius 3 is 1.92 bits per heavy atom. The molecule has 348 valence electrons. The minimum absolute atomic E-state index is 0.00261. The summed E-state index contributed by atoms with van der Waals surface area (Å²) in [6.07, 6.45) is 27.9. The average Bonchev–Trinajstić information content (AvgIpc) is 3.70. The van der Waals surface area contributed by atoms with Crippen molar-refractivity contribution >= 4 is 42.2 Å². The number of nitrogens with one attached hydrogen (secondary N) is 1. The Bertz CT molecular complexity index is 1580. The number of carbonyl (C=O) groups is 2. The molecule has 2 atom stereocenters. The molecule has 0 saturated heterocycles. The van der Waals surface area contributed by atoms with E-state index in [1.54, 1.807) is 6.07 Å². The molecule has 2 N–H and O–H groups in total. The first-order valence-corrected chi connectivity index (χ1v) is 24.4. The Hall–Kier alpha value is -3.43. The largest absolute Gasteiger partial charge is 0.472 e. The monoisotopic (exact) mass is 883 g/mol. The summed E-state index contributed by atoms with van der Waals surface area (Å²) in [4.78, 5) is 46.1. The predicted octanol–water partition coefficient (Wildman–Crippen LogP) is 10.8. The summed E-state index contributed by atoms with van der Waals surface area (Å²) >= 11 is 0. The smallest absolute Gasteiger partial charge is 0.462 e. The molecule has 61 heavy (non-hydrogen) atoms. The fraction of sp³-hybridized carbons (Fsp3) is 0.773. The van der Waals surface area contributed by atoms with E-state index in [9.17, 15) is 29.2 Å². The molecule has 1 aromatic heterocycles. The fourth-order valence-corrected chi connectivity index (χ4v) is 7.34. The van der Waals surface area contributed by atoms with Crippen molar-refractivity contribution < 1.29 is 51.6 Å². The second kappa shape index (κ2) is 32.3. The molecular weight excluding hydrogens is 805 g/mol. The molecule has 0 radical (unpaired) electrons. The molecular formula is C44H77N5O11P+. The molecule has 0 aliphatic carbocycles. The third-order valence-corrected chi connectivity index (χ3v) is 11.3. The minimum Gasteiger partial charge on any atom is -0.462 e. The highest BCUT2D eigenvalue weighted by atomic mass is 31.2. The normalized spacial score (nSPS) is 13.4. The van der Waals surface area contributed by atoms with Gasteiger partial charge in [-0.1, -0.05) is 115 Å². The highest BCUT2D eigenvalue weighted by Gasteiger charge is 2.27. The van der Waals surface area contributed by atoms with Gasteiger partial charge in [0.05, 0.1) is 38.4 Å². The second-order valence-electron chi connectivity index (χ2n) is 17.0. The van der Waals surface area contributed by atoms with Crippen molar-refractivity contribution in [2.24, 2.45) is 0 Å². The van der Waals surface area contributed by atoms with Gasteiger partial charge in [-0.15, -0.1) is 0 Å². The summed E-state index contributed by atoms with van der Waals surface area (Å²) in [6, 6.07) is 3.02. The van der Waals surface area contributed by atoms with Gasteiger partial charge in [0.1, 0.15) is 19.8 Å². The van der Waals surface area contributed by atoms with Crippen molar-refractivity contribution in [2.75, 3.05) is 59.4 Å². The molecule has 2 aromatic rings. The van der Waals surface area contributed by atoms with E-state index in [4.69, 9.17) is 23.2 Å². The van der Waals surface area contributed by atoms with Gasteiger partial charge < -0.3 is 24.2 Å². The Morgan fingerprint density at radius 1 is 0.787 bits per heavy atom. The van der Waals surface area contributed by atoms with Crippen LogP contribution in [0, 0.1) is 10.1 Å². The first-order chi connectivity index (χ1) is 29.3. The lowest BCUT2D eigenvalue weighted by molar-refractivity contribution is -0.870. The van der Waals surface area contributed by atoms with Crippen LogP contribution in [0.2, 0.25) is 0 Å². The number of benzene rings is 1. The average molecular weight is 883 g/mol. The van der Waals surface area contributed by atoms with E-state index in [2.05, 4.69) is 34.7 Å². The van der Waals surface area contributed by atoms with Crippen molar-refractivity contribution in [3.05, 3.63) is 34.4 Å². The number of non-ortho nitro benzene ring substituents is 1. The quantitative estimate of drug-likeness (QED) is 0.0122. The van der Waals surface area contributed by atoms with Gasteiger partial charge in [-0.25, -0.2) is 9.19 Å². The number of quaternary nitrogens is 1. The molecule has 1 unspecified atom stereocenters. The Labute approximate surface area is 364 Å². The number of rotatable bonds is 39. The van der Waals surface area contributed by atoms with Crippen LogP contribution in [0.5, 0.6) is 0 Å². The molecule has 2 rings (SSSR count). The van der Waals surface area contributed by atoms with Crippen LogP contribution in [0.15, 0.2) is 28.9 Å². The summed E-state index contributed by atoms with van der Waals surface area (Å²) in [5.74, 6) is -0.890. The molecule has 0 spiro atoms. The topological polar surface area (TPSA) is 202 Å². The molecule has 0 bridgehead atoms. The highest BCUT2D eigenvalue weighted by molar-refractivity contribution is 7.47. The van der Waals surface area contributed by atoms with E-state index in [1.807, 2.05) is 21.1 Å². The summed E-state index contributed by atoms with van der Waals surface area (Å²) < 4.78 is 39.0. The van der Waals surface area contributed by atoms with Gasteiger partial charge in [0.2, 0.25) is 5.52 Å². The molecule has 16 nitrogen and oxygen atoms in total. The standard InChI is InChI=1S/C44H76N5O11P/c1-5-6-7-8-9-10-11-12-13-14-15-17-20-23-26-29-41(50)56-36-38(37-58-61(54,55)57-35-34-49(2,3)4)59-42(51)30-27-24-21-18-16-19-22-25-28-33-45-39-31-32-40(48(52)53)44-43(39)46-60-47-44/h12-13,31-32,38H,5-11,14-30,33-37H2,1-4H3,(H-,45,47,54,55)/p+1/t38-/m1/s1. The number of ether oxygens (including phenoxy) is 2. The number of phosphoric ester groups is 1. The zero-order valence-corrected chi connectivity index (χ0v) is 38.6. The van der Waals surface area contributed by atoms with Gasteiger partial charge in [-0.2, -0.15) is 0 Å². The number of anilines is 1. The number of likely N-dealkylation sites (N-methyl/N-ethyl adjacent to an activating group) is 1. The third-order valence-electron chi connectivity index (χ3n) is 10.3. The van der Waals surface area contributed by atoms with Gasteiger partial charge in [0.15, 0.2) is 11.6 Å². The first kappa shape index (κ1) is 53.7. The number of nitrogens with zero attached hydrogens (tertiary/aromatic N) is 4. The Morgan fingerprint density at radius 2 is 1.33 bits per heavy atom. The third kappa shape index (κ3) is 27.3. The number of allylic oxidation sites excluding steroid dienone is 2. The molecule has 0 amide bonds. The molecule has 17 heteroatoms. The number of carbonyl (C=O) groups excluding carboxylic acids is 2. The minimum atomic E-state index is -4.42. The predicted molar refractivity (Wildman–Crippen MR) is 238 cm³/mol. The SMILES string of the molecule is CCCCCCCCC=CCCCCCCCC(=O)OC[C@H](COP(=O)(O)OCC[N+](C)(C)C)OC(=O)CCCCCCCCCCCNc1ccc([N+](=O)[O-])c2nonc12. The number of fused-ring (bicyclic) bond motifs is 1. The van der Waals surface area contributed by atoms with Crippen LogP contribution in [0.4, 0.5) is 11.4 Å². The van der Waals surface area contributed by atoms with E-state index in [0.717, 1.165) is 83.5 Å². The van der Waals surface area contributed by atoms with E-state index in [0.29, 0.717) is 41.6 Å². The van der Waals surface area contributed by atoms with Crippen LogP contribution < -0.4 is 5.32 Å². The molecule has 1 heterocycles. The maximum absolute atomic E-state index is 12.7. The Balaban J connectivity index is 1.60. The number of aromatic nitrogens is 2. The zero-order chi connectivity index (χ0) is 44.6. The summed E-state index contributed by atoms with van der Waals surface area (Å²) in [5, 5.41) is 21.9. The van der Waals surface area contributed by atoms with Gasteiger partial charge >= 0.3 is 25.4 Å². The van der Waals surface area contributed by atoms with Crippen molar-refractivity contribution in [1.29, 1.82) is 0 Å². The maximum atomic E-state index is 12.7. The van der Waals surface area contributed by atoms with E-state index >= 15 is 0 Å². The number of nitro groups is 1. The van der Waals surface area contributed by atoms with Crippen LogP contribution in [0.25, 0.3) is 11.0 Å². The van der Waals surface area contributed by atoms with Crippen LogP contribution >= 0.6 is 7.82 Å². The number of unbranched alkanes of at least 4 members (excludes halogenated alkanes) is 19. The number of phosphoric acid groups is 1. The first-order valence-electron chi connectivity index (χ1n) is 22.9. The summed E-state index contributed by atoms with van der Waals surface area (Å²) in [7, 11) is 1.38. The van der Waals surface area contributed by atoms with Crippen molar-refractivity contribution in [3.63, 3.8) is 0 Å². The second-order valence-corrected chi connectivity index (χ2v) is 18.4. The van der Waals surface area contributed by atoms with E-state index in [1.165, 1.54) is 51.0 Å². The summed E-state index contributed by atoms with van der Waals surface area (Å²) in [6.45, 7) is 2.71. The molecule has 0 aliphatic rings. The number of hydrogen-bond donors (Lipinski definition) is 2. The molecule has 0 fully saturated rings. The van der Waals surface area contributed by atoms with Gasteiger partial charge in [-0.05, 0) is 61.3 Å². The number of nitro benzene ring substituents is 1. The maximum Gasteiger partial charge on any atom is 0.472 e. The van der Waals surface area contributed by atoms with Crippen LogP contribution in [-0.4, -0.2) is 96.7 Å².